The molecule has 0 unspecified atom stereocenters. The molecule has 0 spiro atoms. The lowest BCUT2D eigenvalue weighted by Crippen LogP contribution is -1.99. The van der Waals surface area contributed by atoms with E-state index in [1.165, 1.54) is 0 Å². The number of aliphatic hydroxyl groups excluding tert-OH is 2. The molecule has 0 heterocycles. The Bertz CT molecular complexity index is 498. The predicted octanol–water partition coefficient (Wildman–Crippen LogP) is 4.19. The van der Waals surface area contributed by atoms with Gasteiger partial charge >= 0.3 is 0 Å². The van der Waals surface area contributed by atoms with Gasteiger partial charge in [-0.25, -0.2) is 0 Å². The zero-order valence-electron chi connectivity index (χ0n) is 15.6. The van der Waals surface area contributed by atoms with Gasteiger partial charge in [0.05, 0.1) is 18.8 Å². The first-order chi connectivity index (χ1) is 12.7. The topological polar surface area (TPSA) is 66.8 Å². The first kappa shape index (κ1) is 23.8. The second kappa shape index (κ2) is 19.2. The van der Waals surface area contributed by atoms with Crippen LogP contribution in [0.5, 0.6) is 0 Å². The molecule has 0 aromatic carbocycles. The van der Waals surface area contributed by atoms with Crippen molar-refractivity contribution in [3.63, 3.8) is 0 Å². The molecule has 0 radical (unpaired) electrons. The summed E-state index contributed by atoms with van der Waals surface area (Å²) < 4.78 is 4.56. The highest BCUT2D eigenvalue weighted by Crippen LogP contribution is 1.99. The second-order valence-electron chi connectivity index (χ2n) is 5.57. The molecule has 144 valence electrons. The summed E-state index contributed by atoms with van der Waals surface area (Å²) >= 11 is 0. The van der Waals surface area contributed by atoms with Gasteiger partial charge in [0.1, 0.15) is 0 Å². The zero-order valence-corrected chi connectivity index (χ0v) is 15.6. The molecule has 0 saturated carbocycles. The molecule has 2 atom stereocenters. The average molecular weight is 360 g/mol. The molecule has 0 aliphatic carbocycles. The van der Waals surface area contributed by atoms with Gasteiger partial charge in [-0.05, 0) is 32.1 Å². The summed E-state index contributed by atoms with van der Waals surface area (Å²) in [5.74, 6) is 0. The molecule has 0 aliphatic heterocycles. The third kappa shape index (κ3) is 18.2. The van der Waals surface area contributed by atoms with Crippen molar-refractivity contribution in [1.82, 2.24) is 0 Å². The van der Waals surface area contributed by atoms with E-state index in [-0.39, 0.29) is 0 Å². The number of hydrogen-bond donors (Lipinski definition) is 2. The third-order valence-electron chi connectivity index (χ3n) is 3.23. The summed E-state index contributed by atoms with van der Waals surface area (Å²) in [5, 5.41) is 19.4. The van der Waals surface area contributed by atoms with Crippen LogP contribution < -0.4 is 0 Å². The van der Waals surface area contributed by atoms with Crippen LogP contribution in [-0.4, -0.2) is 35.5 Å². The van der Waals surface area contributed by atoms with E-state index in [0.29, 0.717) is 32.3 Å². The number of aliphatic hydroxyl groups is 2. The van der Waals surface area contributed by atoms with Gasteiger partial charge in [-0.15, -0.1) is 0 Å². The van der Waals surface area contributed by atoms with Crippen LogP contribution in [0.15, 0.2) is 72.9 Å². The van der Waals surface area contributed by atoms with E-state index in [4.69, 9.17) is 0 Å². The van der Waals surface area contributed by atoms with Gasteiger partial charge in [-0.3, -0.25) is 4.79 Å². The van der Waals surface area contributed by atoms with Gasteiger partial charge in [0, 0.05) is 0 Å². The maximum absolute atomic E-state index is 9.94. The molecule has 26 heavy (non-hydrogen) atoms. The highest BCUT2D eigenvalue weighted by Gasteiger charge is 1.93. The molecule has 0 saturated heterocycles. The first-order valence-electron chi connectivity index (χ1n) is 9.08. The van der Waals surface area contributed by atoms with Crippen molar-refractivity contribution in [2.24, 2.45) is 0 Å². The van der Waals surface area contributed by atoms with Crippen LogP contribution in [0.4, 0.5) is 0 Å². The normalized spacial score (nSPS) is 15.3. The molecule has 4 heteroatoms. The molecule has 0 aromatic rings. The van der Waals surface area contributed by atoms with E-state index >= 15 is 0 Å². The smallest absolute Gasteiger partial charge is 0.293 e. The predicted molar refractivity (Wildman–Crippen MR) is 108 cm³/mol. The Kier molecular flexibility index (Phi) is 17.6. The molecule has 0 aliphatic rings. The van der Waals surface area contributed by atoms with Gasteiger partial charge in [0.2, 0.25) is 0 Å². The third-order valence-corrected chi connectivity index (χ3v) is 3.23. The minimum Gasteiger partial charge on any atom is -0.468 e. The van der Waals surface area contributed by atoms with Crippen LogP contribution in [0.25, 0.3) is 0 Å². The van der Waals surface area contributed by atoms with Crippen molar-refractivity contribution < 1.29 is 19.7 Å². The Morgan fingerprint density at radius 1 is 0.808 bits per heavy atom. The lowest BCUT2D eigenvalue weighted by Gasteiger charge is -1.99. The number of ether oxygens (including phenoxy) is 1. The van der Waals surface area contributed by atoms with Crippen LogP contribution in [0.1, 0.15) is 39.0 Å². The Labute approximate surface area is 157 Å². The summed E-state index contributed by atoms with van der Waals surface area (Å²) in [7, 11) is 0. The van der Waals surface area contributed by atoms with Crippen LogP contribution in [-0.2, 0) is 9.53 Å². The van der Waals surface area contributed by atoms with E-state index in [1.807, 2.05) is 60.8 Å². The molecule has 0 amide bonds. The Morgan fingerprint density at radius 2 is 1.38 bits per heavy atom. The molecular weight excluding hydrogens is 328 g/mol. The maximum Gasteiger partial charge on any atom is 0.293 e. The van der Waals surface area contributed by atoms with E-state index < -0.39 is 12.2 Å². The van der Waals surface area contributed by atoms with Gasteiger partial charge in [-0.2, -0.15) is 0 Å². The van der Waals surface area contributed by atoms with Crippen LogP contribution in [0.2, 0.25) is 0 Å². The van der Waals surface area contributed by atoms with E-state index in [0.717, 1.165) is 12.8 Å². The average Bonchev–Trinajstić information content (AvgIpc) is 2.63. The largest absolute Gasteiger partial charge is 0.468 e. The standard InChI is InChI=1S/C22H32O4/c1-2-3-10-15-21(24)16-11-7-5-4-6-8-12-17-22(25)18-13-9-14-19-26-20-23/h3,5-13,16-17,20-22,24-25H,2,4,14-15,18-19H2,1H3/t21-,22+/m1/s1. The van der Waals surface area contributed by atoms with Crippen molar-refractivity contribution in [3.8, 4) is 0 Å². The molecule has 2 N–H and O–H groups in total. The second-order valence-corrected chi connectivity index (χ2v) is 5.57. The highest BCUT2D eigenvalue weighted by molar-refractivity contribution is 5.36. The van der Waals surface area contributed by atoms with Crippen LogP contribution >= 0.6 is 0 Å². The van der Waals surface area contributed by atoms with Crippen molar-refractivity contribution in [3.05, 3.63) is 72.9 Å². The summed E-state index contributed by atoms with van der Waals surface area (Å²) in [5.41, 5.74) is 0. The Balaban J connectivity index is 3.82. The summed E-state index contributed by atoms with van der Waals surface area (Å²) in [6.45, 7) is 2.86. The zero-order chi connectivity index (χ0) is 19.3. The SMILES string of the molecule is CCC=CC[C@@H](O)C=CC=CCC=CC=C[C@H](O)CC=CCCOC=O. The molecule has 0 rings (SSSR count). The minimum atomic E-state index is -0.524. The number of carbonyl (C=O) groups excluding carboxylic acids is 1. The molecule has 4 nitrogen and oxygen atoms in total. The lowest BCUT2D eigenvalue weighted by molar-refractivity contribution is -0.128. The molecule has 0 bridgehead atoms. The summed E-state index contributed by atoms with van der Waals surface area (Å²) in [6.07, 6.45) is 25.4. The van der Waals surface area contributed by atoms with Crippen molar-refractivity contribution in [1.29, 1.82) is 0 Å². The van der Waals surface area contributed by atoms with Gasteiger partial charge in [-0.1, -0.05) is 79.8 Å². The van der Waals surface area contributed by atoms with Gasteiger partial charge in [0.15, 0.2) is 0 Å². The van der Waals surface area contributed by atoms with Gasteiger partial charge < -0.3 is 14.9 Å². The molecule has 0 aromatic heterocycles. The summed E-state index contributed by atoms with van der Waals surface area (Å²) in [4.78, 5) is 9.94. The fourth-order valence-corrected chi connectivity index (χ4v) is 1.87. The number of rotatable bonds is 15. The maximum atomic E-state index is 9.94. The fraction of sp³-hybridized carbons (Fsp3) is 0.409. The van der Waals surface area contributed by atoms with Crippen molar-refractivity contribution in [2.75, 3.05) is 6.61 Å². The van der Waals surface area contributed by atoms with Crippen LogP contribution in [0.3, 0.4) is 0 Å². The monoisotopic (exact) mass is 360 g/mol. The quantitative estimate of drug-likeness (QED) is 0.199. The number of carbonyl (C=O) groups is 1. The fourth-order valence-electron chi connectivity index (χ4n) is 1.87. The Hall–Kier alpha value is -2.17. The van der Waals surface area contributed by atoms with Crippen molar-refractivity contribution in [2.45, 2.75) is 51.2 Å². The minimum absolute atomic E-state index is 0.367. The van der Waals surface area contributed by atoms with E-state index in [9.17, 15) is 15.0 Å². The van der Waals surface area contributed by atoms with Crippen LogP contribution in [0, 0.1) is 0 Å². The molecule has 0 fully saturated rings. The van der Waals surface area contributed by atoms with Crippen molar-refractivity contribution >= 4 is 6.47 Å². The van der Waals surface area contributed by atoms with E-state index in [1.54, 1.807) is 12.2 Å². The van der Waals surface area contributed by atoms with Gasteiger partial charge in [0.25, 0.3) is 6.47 Å². The highest BCUT2D eigenvalue weighted by atomic mass is 16.5. The molecular formula is C22H32O4. The van der Waals surface area contributed by atoms with E-state index in [2.05, 4.69) is 11.7 Å². The number of hydrogen-bond acceptors (Lipinski definition) is 4. The summed E-state index contributed by atoms with van der Waals surface area (Å²) in [6, 6.07) is 0. The Morgan fingerprint density at radius 3 is 1.92 bits per heavy atom. The number of allylic oxidation sites excluding steroid dienone is 7. The first-order valence-corrected chi connectivity index (χ1v) is 9.08. The lowest BCUT2D eigenvalue weighted by atomic mass is 10.2.